The molecule has 0 unspecified atom stereocenters. The lowest BCUT2D eigenvalue weighted by Gasteiger charge is -2.12. The first kappa shape index (κ1) is 15.9. The largest absolute Gasteiger partial charge is 0.495 e. The summed E-state index contributed by atoms with van der Waals surface area (Å²) in [6, 6.07) is 7.75. The highest BCUT2D eigenvalue weighted by Gasteiger charge is 2.23. The van der Waals surface area contributed by atoms with Gasteiger partial charge in [-0.3, -0.25) is 4.72 Å². The van der Waals surface area contributed by atoms with E-state index in [9.17, 15) is 8.42 Å². The van der Waals surface area contributed by atoms with Gasteiger partial charge in [-0.15, -0.1) is 11.3 Å². The summed E-state index contributed by atoms with van der Waals surface area (Å²) < 4.78 is 32.4. The molecule has 0 aliphatic heterocycles. The van der Waals surface area contributed by atoms with Gasteiger partial charge in [0.05, 0.1) is 17.0 Å². The maximum Gasteiger partial charge on any atom is 0.264 e. The van der Waals surface area contributed by atoms with Crippen molar-refractivity contribution in [1.29, 1.82) is 5.26 Å². The zero-order valence-electron chi connectivity index (χ0n) is 10.6. The Bertz CT molecular complexity index is 826. The number of sulfonamides is 1. The van der Waals surface area contributed by atoms with Crippen molar-refractivity contribution in [1.82, 2.24) is 0 Å². The molecule has 0 radical (unpaired) electrons. The summed E-state index contributed by atoms with van der Waals surface area (Å²) >= 11 is 12.6. The average Bonchev–Trinajstić information content (AvgIpc) is 2.78. The molecule has 0 atom stereocenters. The molecule has 21 heavy (non-hydrogen) atoms. The van der Waals surface area contributed by atoms with Crippen molar-refractivity contribution in [2.24, 2.45) is 0 Å². The Labute approximate surface area is 135 Å². The van der Waals surface area contributed by atoms with E-state index in [1.54, 1.807) is 12.1 Å². The van der Waals surface area contributed by atoms with Crippen LogP contribution in [0.2, 0.25) is 8.67 Å². The minimum atomic E-state index is -3.98. The molecule has 0 aliphatic carbocycles. The highest BCUT2D eigenvalue weighted by molar-refractivity contribution is 7.93. The zero-order chi connectivity index (χ0) is 15.6. The van der Waals surface area contributed by atoms with Crippen LogP contribution in [-0.4, -0.2) is 15.5 Å². The van der Waals surface area contributed by atoms with Crippen LogP contribution < -0.4 is 9.46 Å². The summed E-state index contributed by atoms with van der Waals surface area (Å²) in [6.07, 6.45) is 0. The number of thiophene rings is 1. The molecule has 2 aromatic rings. The van der Waals surface area contributed by atoms with E-state index < -0.39 is 10.0 Å². The van der Waals surface area contributed by atoms with E-state index in [2.05, 4.69) is 4.72 Å². The Morgan fingerprint density at radius 2 is 2.10 bits per heavy atom. The molecular formula is C12H8Cl2N2O3S2. The summed E-state index contributed by atoms with van der Waals surface area (Å²) in [5, 5.41) is 9.08. The Balaban J connectivity index is 2.52. The third-order valence-electron chi connectivity index (χ3n) is 2.52. The van der Waals surface area contributed by atoms with Crippen LogP contribution in [-0.2, 0) is 10.0 Å². The molecule has 0 fully saturated rings. The van der Waals surface area contributed by atoms with Gasteiger partial charge < -0.3 is 4.74 Å². The van der Waals surface area contributed by atoms with Crippen LogP contribution in [0.25, 0.3) is 0 Å². The van der Waals surface area contributed by atoms with Crippen molar-refractivity contribution >= 4 is 50.2 Å². The van der Waals surface area contributed by atoms with Crippen LogP contribution in [0, 0.1) is 11.3 Å². The van der Waals surface area contributed by atoms with Crippen LogP contribution in [0.5, 0.6) is 5.75 Å². The number of rotatable bonds is 4. The van der Waals surface area contributed by atoms with Crippen LogP contribution in [0.3, 0.4) is 0 Å². The Hall–Kier alpha value is -1.46. The second-order valence-electron chi connectivity index (χ2n) is 3.79. The number of para-hydroxylation sites is 1. The van der Waals surface area contributed by atoms with E-state index >= 15 is 0 Å². The van der Waals surface area contributed by atoms with E-state index in [1.165, 1.54) is 19.2 Å². The third kappa shape index (κ3) is 3.24. The first-order chi connectivity index (χ1) is 9.89. The van der Waals surface area contributed by atoms with Crippen LogP contribution in [0.15, 0.2) is 29.2 Å². The maximum absolute atomic E-state index is 12.4. The molecule has 110 valence electrons. The lowest BCUT2D eigenvalue weighted by Crippen LogP contribution is -2.14. The summed E-state index contributed by atoms with van der Waals surface area (Å²) in [5.41, 5.74) is 0.191. The maximum atomic E-state index is 12.4. The number of benzene rings is 1. The Kier molecular flexibility index (Phi) is 4.64. The number of hydrogen-bond acceptors (Lipinski definition) is 5. The molecule has 1 aromatic heterocycles. The monoisotopic (exact) mass is 362 g/mol. The molecule has 0 amide bonds. The number of hydrogen-bond donors (Lipinski definition) is 1. The number of nitriles is 1. The van der Waals surface area contributed by atoms with E-state index in [0.717, 1.165) is 11.3 Å². The SMILES string of the molecule is COc1cccc(C#N)c1NS(=O)(=O)c1cc(Cl)sc1Cl. The van der Waals surface area contributed by atoms with E-state index in [0.29, 0.717) is 0 Å². The van der Waals surface area contributed by atoms with E-state index in [1.807, 2.05) is 6.07 Å². The van der Waals surface area contributed by atoms with Crippen molar-refractivity contribution in [2.45, 2.75) is 4.90 Å². The van der Waals surface area contributed by atoms with Crippen molar-refractivity contribution in [3.8, 4) is 11.8 Å². The van der Waals surface area contributed by atoms with Gasteiger partial charge in [-0.1, -0.05) is 29.3 Å². The minimum absolute atomic E-state index is 0.0425. The van der Waals surface area contributed by atoms with Crippen LogP contribution in [0.1, 0.15) is 5.56 Å². The first-order valence-corrected chi connectivity index (χ1v) is 8.49. The predicted octanol–water partition coefficient (Wildman–Crippen LogP) is 3.74. The molecule has 0 spiro atoms. The van der Waals surface area contributed by atoms with Gasteiger partial charge in [0.2, 0.25) is 0 Å². The molecule has 1 heterocycles. The quantitative estimate of drug-likeness (QED) is 0.898. The third-order valence-corrected chi connectivity index (χ3v) is 5.62. The first-order valence-electron chi connectivity index (χ1n) is 5.44. The molecule has 0 aliphatic rings. The van der Waals surface area contributed by atoms with Gasteiger partial charge in [0, 0.05) is 0 Å². The van der Waals surface area contributed by atoms with Gasteiger partial charge >= 0.3 is 0 Å². The highest BCUT2D eigenvalue weighted by atomic mass is 35.5. The van der Waals surface area contributed by atoms with Crippen molar-refractivity contribution in [2.75, 3.05) is 11.8 Å². The van der Waals surface area contributed by atoms with Gasteiger partial charge in [-0.05, 0) is 18.2 Å². The number of nitrogens with zero attached hydrogens (tertiary/aromatic N) is 1. The molecule has 5 nitrogen and oxygen atoms in total. The Morgan fingerprint density at radius 3 is 2.62 bits per heavy atom. The lowest BCUT2D eigenvalue weighted by molar-refractivity contribution is 0.417. The number of ether oxygens (including phenoxy) is 1. The fourth-order valence-corrected chi connectivity index (χ4v) is 4.84. The van der Waals surface area contributed by atoms with E-state index in [4.69, 9.17) is 33.2 Å². The van der Waals surface area contributed by atoms with Gasteiger partial charge in [-0.2, -0.15) is 5.26 Å². The molecule has 0 bridgehead atoms. The normalized spacial score (nSPS) is 11.0. The summed E-state index contributed by atoms with van der Waals surface area (Å²) in [6.45, 7) is 0. The number of nitrogens with one attached hydrogen (secondary N) is 1. The standard InChI is InChI=1S/C12H8Cl2N2O3S2/c1-19-8-4-2-3-7(6-15)11(8)16-21(17,18)9-5-10(13)20-12(9)14/h2-5,16H,1H3. The molecule has 0 saturated carbocycles. The average molecular weight is 363 g/mol. The van der Waals surface area contributed by atoms with Gasteiger partial charge in [0.1, 0.15) is 26.7 Å². The van der Waals surface area contributed by atoms with Crippen molar-refractivity contribution < 1.29 is 13.2 Å². The zero-order valence-corrected chi connectivity index (χ0v) is 13.7. The van der Waals surface area contributed by atoms with Gasteiger partial charge in [-0.25, -0.2) is 8.42 Å². The molecule has 1 aromatic carbocycles. The summed E-state index contributed by atoms with van der Waals surface area (Å²) in [4.78, 5) is -0.144. The predicted molar refractivity (Wildman–Crippen MR) is 82.9 cm³/mol. The van der Waals surface area contributed by atoms with E-state index in [-0.39, 0.29) is 30.6 Å². The molecule has 9 heteroatoms. The second-order valence-corrected chi connectivity index (χ2v) is 7.73. The highest BCUT2D eigenvalue weighted by Crippen LogP contribution is 2.37. The fourth-order valence-electron chi connectivity index (χ4n) is 1.60. The van der Waals surface area contributed by atoms with Gasteiger partial charge in [0.25, 0.3) is 10.0 Å². The minimum Gasteiger partial charge on any atom is -0.495 e. The Morgan fingerprint density at radius 1 is 1.38 bits per heavy atom. The summed E-state index contributed by atoms with van der Waals surface area (Å²) in [5.74, 6) is 0.232. The summed E-state index contributed by atoms with van der Waals surface area (Å²) in [7, 11) is -2.60. The van der Waals surface area contributed by atoms with Gasteiger partial charge in [0.15, 0.2) is 0 Å². The molecule has 1 N–H and O–H groups in total. The molecule has 0 saturated heterocycles. The molecular weight excluding hydrogens is 355 g/mol. The van der Waals surface area contributed by atoms with Crippen molar-refractivity contribution in [3.05, 3.63) is 38.5 Å². The topological polar surface area (TPSA) is 79.2 Å². The number of anilines is 1. The molecule has 2 rings (SSSR count). The second kappa shape index (κ2) is 6.12. The van der Waals surface area contributed by atoms with Crippen molar-refractivity contribution in [3.63, 3.8) is 0 Å². The smallest absolute Gasteiger partial charge is 0.264 e. The fraction of sp³-hybridized carbons (Fsp3) is 0.0833. The lowest BCUT2D eigenvalue weighted by atomic mass is 10.2. The number of methoxy groups -OCH3 is 1. The van der Waals surface area contributed by atoms with Crippen LogP contribution in [0.4, 0.5) is 5.69 Å². The van der Waals surface area contributed by atoms with Crippen LogP contribution >= 0.6 is 34.5 Å². The number of halogens is 2.